The number of benzene rings is 2. The molecular weight excluding hydrogens is 426 g/mol. The predicted octanol–water partition coefficient (Wildman–Crippen LogP) is 3.88. The third-order valence-electron chi connectivity index (χ3n) is 4.48. The zero-order valence-corrected chi connectivity index (χ0v) is 17.3. The maximum absolute atomic E-state index is 12.3. The Labute approximate surface area is 171 Å². The van der Waals surface area contributed by atoms with Gasteiger partial charge in [-0.2, -0.15) is 0 Å². The van der Waals surface area contributed by atoms with E-state index in [1.54, 1.807) is 11.8 Å². The van der Waals surface area contributed by atoms with Crippen molar-refractivity contribution in [3.05, 3.63) is 53.0 Å². The number of carbonyl (C=O) groups excluding carboxylic acids is 2. The zero-order chi connectivity index (χ0) is 19.2. The lowest BCUT2D eigenvalue weighted by atomic mass is 10.0. The summed E-state index contributed by atoms with van der Waals surface area (Å²) in [5.74, 6) is -0.478. The van der Waals surface area contributed by atoms with Crippen LogP contribution in [0.4, 0.5) is 5.69 Å². The van der Waals surface area contributed by atoms with E-state index in [1.807, 2.05) is 41.3 Å². The first-order valence-corrected chi connectivity index (χ1v) is 10.5. The summed E-state index contributed by atoms with van der Waals surface area (Å²) in [7, 11) is 0. The maximum atomic E-state index is 12.3. The highest BCUT2D eigenvalue weighted by molar-refractivity contribution is 9.10. The van der Waals surface area contributed by atoms with E-state index >= 15 is 0 Å². The van der Waals surface area contributed by atoms with Gasteiger partial charge in [0.15, 0.2) is 0 Å². The number of hydrogen-bond acceptors (Lipinski definition) is 4. The van der Waals surface area contributed by atoms with E-state index < -0.39 is 0 Å². The van der Waals surface area contributed by atoms with Crippen molar-refractivity contribution in [2.45, 2.75) is 35.1 Å². The van der Waals surface area contributed by atoms with Crippen molar-refractivity contribution >= 4 is 45.2 Å². The van der Waals surface area contributed by atoms with E-state index in [0.29, 0.717) is 0 Å². The maximum Gasteiger partial charge on any atom is 0.238 e. The molecule has 2 amide bonds. The van der Waals surface area contributed by atoms with Gasteiger partial charge in [0.05, 0.1) is 12.6 Å². The smallest absolute Gasteiger partial charge is 0.238 e. The predicted molar refractivity (Wildman–Crippen MR) is 112 cm³/mol. The van der Waals surface area contributed by atoms with Gasteiger partial charge in [0.25, 0.3) is 0 Å². The van der Waals surface area contributed by atoms with Crippen LogP contribution in [0.2, 0.25) is 0 Å². The van der Waals surface area contributed by atoms with E-state index in [2.05, 4.69) is 33.4 Å². The second-order valence-corrected chi connectivity index (χ2v) is 8.58. The molecule has 0 spiro atoms. The Morgan fingerprint density at radius 3 is 2.33 bits per heavy atom. The summed E-state index contributed by atoms with van der Waals surface area (Å²) >= 11 is 5.09. The molecule has 1 heterocycles. The Morgan fingerprint density at radius 1 is 1.07 bits per heavy atom. The Balaban J connectivity index is 1.55. The molecule has 1 aliphatic heterocycles. The van der Waals surface area contributed by atoms with E-state index in [-0.39, 0.29) is 24.4 Å². The van der Waals surface area contributed by atoms with Crippen molar-refractivity contribution in [1.82, 2.24) is 4.90 Å². The molecule has 2 aromatic carbocycles. The fourth-order valence-corrected chi connectivity index (χ4v) is 4.21. The molecule has 142 valence electrons. The van der Waals surface area contributed by atoms with Crippen LogP contribution in [-0.4, -0.2) is 35.8 Å². The molecule has 2 aromatic rings. The average molecular weight is 448 g/mol. The van der Waals surface area contributed by atoms with Crippen molar-refractivity contribution in [1.29, 1.82) is 0 Å². The second-order valence-electron chi connectivity index (χ2n) is 6.51. The fraction of sp³-hybridized carbons (Fsp3) is 0.300. The minimum atomic E-state index is -0.350. The zero-order valence-electron chi connectivity index (χ0n) is 14.9. The van der Waals surface area contributed by atoms with Gasteiger partial charge in [-0.15, -0.1) is 0 Å². The Bertz CT molecular complexity index is 796. The molecule has 3 N–H and O–H groups in total. The van der Waals surface area contributed by atoms with Crippen LogP contribution < -0.4 is 11.1 Å². The van der Waals surface area contributed by atoms with Gasteiger partial charge in [0, 0.05) is 20.0 Å². The number of rotatable bonds is 6. The summed E-state index contributed by atoms with van der Waals surface area (Å²) < 4.78 is 1.05. The molecule has 27 heavy (non-hydrogen) atoms. The minimum Gasteiger partial charge on any atom is -0.368 e. The number of halogens is 1. The van der Waals surface area contributed by atoms with Gasteiger partial charge in [-0.1, -0.05) is 34.1 Å². The van der Waals surface area contributed by atoms with Crippen molar-refractivity contribution in [2.75, 3.05) is 18.4 Å². The number of likely N-dealkylation sites (tertiary alicyclic amines) is 1. The Hall–Kier alpha value is -1.83. The molecule has 0 bridgehead atoms. The van der Waals surface area contributed by atoms with Crippen LogP contribution in [0.25, 0.3) is 0 Å². The summed E-state index contributed by atoms with van der Waals surface area (Å²) in [6.45, 7) is 0.910. The van der Waals surface area contributed by atoms with Crippen LogP contribution in [0, 0.1) is 0 Å². The molecule has 1 saturated heterocycles. The highest BCUT2D eigenvalue weighted by atomic mass is 79.9. The number of nitrogens with zero attached hydrogens (tertiary/aromatic N) is 1. The Kier molecular flexibility index (Phi) is 6.93. The second kappa shape index (κ2) is 9.39. The van der Waals surface area contributed by atoms with Gasteiger partial charge in [-0.3, -0.25) is 14.5 Å². The van der Waals surface area contributed by atoms with Crippen molar-refractivity contribution in [3.63, 3.8) is 0 Å². The van der Waals surface area contributed by atoms with Crippen molar-refractivity contribution < 1.29 is 9.59 Å². The molecule has 1 atom stereocenters. The first kappa shape index (κ1) is 19.9. The molecule has 0 saturated carbocycles. The van der Waals surface area contributed by atoms with Gasteiger partial charge in [0.1, 0.15) is 0 Å². The number of amides is 2. The molecular formula is C20H22BrN3O2S. The third-order valence-corrected chi connectivity index (χ3v) is 6.02. The molecule has 0 aliphatic carbocycles. The Morgan fingerprint density at radius 2 is 1.70 bits per heavy atom. The van der Waals surface area contributed by atoms with E-state index in [9.17, 15) is 9.59 Å². The van der Waals surface area contributed by atoms with Gasteiger partial charge >= 0.3 is 0 Å². The number of piperidine rings is 1. The topological polar surface area (TPSA) is 75.4 Å². The van der Waals surface area contributed by atoms with Gasteiger partial charge in [-0.05, 0) is 67.9 Å². The normalized spacial score (nSPS) is 17.4. The van der Waals surface area contributed by atoms with Gasteiger partial charge < -0.3 is 11.1 Å². The number of primary amides is 1. The number of carbonyl (C=O) groups is 2. The molecule has 0 unspecified atom stereocenters. The highest BCUT2D eigenvalue weighted by Gasteiger charge is 2.28. The number of hydrogen-bond donors (Lipinski definition) is 2. The SMILES string of the molecule is NC(=O)[C@@H]1CCCCN1CC(=O)Nc1ccc(Sc2ccc(Br)cc2)cc1. The highest BCUT2D eigenvalue weighted by Crippen LogP contribution is 2.29. The number of nitrogens with one attached hydrogen (secondary N) is 1. The molecule has 0 radical (unpaired) electrons. The van der Waals surface area contributed by atoms with Crippen LogP contribution in [0.1, 0.15) is 19.3 Å². The van der Waals surface area contributed by atoms with Crippen LogP contribution >= 0.6 is 27.7 Å². The average Bonchev–Trinajstić information content (AvgIpc) is 2.65. The lowest BCUT2D eigenvalue weighted by Crippen LogP contribution is -2.50. The fourth-order valence-electron chi connectivity index (χ4n) is 3.13. The number of anilines is 1. The minimum absolute atomic E-state index is 0.128. The van der Waals surface area contributed by atoms with Crippen LogP contribution in [0.3, 0.4) is 0 Å². The van der Waals surface area contributed by atoms with Crippen LogP contribution in [-0.2, 0) is 9.59 Å². The van der Waals surface area contributed by atoms with Gasteiger partial charge in [-0.25, -0.2) is 0 Å². The van der Waals surface area contributed by atoms with E-state index in [4.69, 9.17) is 5.73 Å². The van der Waals surface area contributed by atoms with Crippen molar-refractivity contribution in [2.24, 2.45) is 5.73 Å². The summed E-state index contributed by atoms with van der Waals surface area (Å²) in [5.41, 5.74) is 6.20. The third kappa shape index (κ3) is 5.82. The number of nitrogens with two attached hydrogens (primary N) is 1. The van der Waals surface area contributed by atoms with Gasteiger partial charge in [0.2, 0.25) is 11.8 Å². The summed E-state index contributed by atoms with van der Waals surface area (Å²) in [6, 6.07) is 15.5. The molecule has 7 heteroatoms. The first-order chi connectivity index (χ1) is 13.0. The lowest BCUT2D eigenvalue weighted by molar-refractivity contribution is -0.126. The summed E-state index contributed by atoms with van der Waals surface area (Å²) in [5, 5.41) is 2.90. The lowest BCUT2D eigenvalue weighted by Gasteiger charge is -2.32. The van der Waals surface area contributed by atoms with Crippen molar-refractivity contribution in [3.8, 4) is 0 Å². The molecule has 1 fully saturated rings. The summed E-state index contributed by atoms with van der Waals surface area (Å²) in [6.07, 6.45) is 2.69. The van der Waals surface area contributed by atoms with Crippen LogP contribution in [0.15, 0.2) is 62.8 Å². The molecule has 0 aromatic heterocycles. The molecule has 3 rings (SSSR count). The largest absolute Gasteiger partial charge is 0.368 e. The van der Waals surface area contributed by atoms with E-state index in [0.717, 1.165) is 45.8 Å². The monoisotopic (exact) mass is 447 g/mol. The quantitative estimate of drug-likeness (QED) is 0.704. The van der Waals surface area contributed by atoms with E-state index in [1.165, 1.54) is 0 Å². The molecule has 5 nitrogen and oxygen atoms in total. The van der Waals surface area contributed by atoms with Crippen LogP contribution in [0.5, 0.6) is 0 Å². The first-order valence-electron chi connectivity index (χ1n) is 8.88. The standard InChI is InChI=1S/C20H22BrN3O2S/c21-14-4-8-16(9-5-14)27-17-10-6-15(7-11-17)23-19(25)13-24-12-2-1-3-18(24)20(22)26/h4-11,18H,1-3,12-13H2,(H2,22,26)(H,23,25)/t18-/m0/s1. The molecule has 1 aliphatic rings. The summed E-state index contributed by atoms with van der Waals surface area (Å²) in [4.78, 5) is 28.0.